The molecule has 1 unspecified atom stereocenters. The highest BCUT2D eigenvalue weighted by molar-refractivity contribution is 7.89. The fourth-order valence-electron chi connectivity index (χ4n) is 6.40. The van der Waals surface area contributed by atoms with E-state index < -0.39 is 10.0 Å². The zero-order valence-corrected chi connectivity index (χ0v) is 23.2. The minimum Gasteiger partial charge on any atom is -0.372 e. The number of piperidine rings is 3. The van der Waals surface area contributed by atoms with Crippen molar-refractivity contribution in [2.75, 3.05) is 44.2 Å². The van der Waals surface area contributed by atoms with Gasteiger partial charge in [-0.05, 0) is 99.7 Å². The maximum atomic E-state index is 13.4. The van der Waals surface area contributed by atoms with Gasteiger partial charge in [-0.15, -0.1) is 0 Å². The summed E-state index contributed by atoms with van der Waals surface area (Å²) in [7, 11) is -3.60. The molecule has 38 heavy (non-hydrogen) atoms. The first kappa shape index (κ1) is 27.2. The number of anilines is 1. The zero-order valence-electron chi connectivity index (χ0n) is 22.4. The van der Waals surface area contributed by atoms with Gasteiger partial charge in [0.15, 0.2) is 0 Å². The smallest absolute Gasteiger partial charge is 0.243 e. The van der Waals surface area contributed by atoms with Gasteiger partial charge in [0.2, 0.25) is 15.9 Å². The van der Waals surface area contributed by atoms with Crippen molar-refractivity contribution in [2.24, 2.45) is 11.8 Å². The molecule has 206 valence electrons. The summed E-state index contributed by atoms with van der Waals surface area (Å²) in [5.74, 6) is 1.65. The van der Waals surface area contributed by atoms with Crippen LogP contribution in [0.2, 0.25) is 0 Å². The van der Waals surface area contributed by atoms with E-state index in [0.717, 1.165) is 62.1 Å². The molecule has 3 saturated heterocycles. The van der Waals surface area contributed by atoms with E-state index in [4.69, 9.17) is 0 Å². The Labute approximate surface area is 228 Å². The van der Waals surface area contributed by atoms with E-state index >= 15 is 0 Å². The van der Waals surface area contributed by atoms with Crippen molar-refractivity contribution in [1.82, 2.24) is 14.9 Å². The van der Waals surface area contributed by atoms with Gasteiger partial charge in [-0.1, -0.05) is 30.3 Å². The van der Waals surface area contributed by atoms with Crippen molar-refractivity contribution in [1.29, 1.82) is 0 Å². The highest BCUT2D eigenvalue weighted by Crippen LogP contribution is 2.33. The van der Waals surface area contributed by atoms with Crippen LogP contribution < -0.4 is 15.5 Å². The van der Waals surface area contributed by atoms with Crippen LogP contribution in [0.4, 0.5) is 5.69 Å². The molecule has 0 aliphatic carbocycles. The fourth-order valence-corrected chi connectivity index (χ4v) is 7.93. The number of aryl methyl sites for hydroxylation is 1. The van der Waals surface area contributed by atoms with Crippen molar-refractivity contribution in [2.45, 2.75) is 62.3 Å². The average molecular weight is 539 g/mol. The molecule has 0 radical (unpaired) electrons. The minimum atomic E-state index is -3.60. The molecule has 3 aliphatic rings. The van der Waals surface area contributed by atoms with Crippen LogP contribution in [-0.2, 0) is 21.2 Å². The van der Waals surface area contributed by atoms with E-state index in [1.807, 2.05) is 42.5 Å². The molecule has 8 heteroatoms. The second-order valence-corrected chi connectivity index (χ2v) is 13.1. The third kappa shape index (κ3) is 6.77. The third-order valence-electron chi connectivity index (χ3n) is 8.66. The Morgan fingerprint density at radius 1 is 0.868 bits per heavy atom. The van der Waals surface area contributed by atoms with Crippen molar-refractivity contribution in [3.8, 4) is 0 Å². The maximum absolute atomic E-state index is 13.4. The summed E-state index contributed by atoms with van der Waals surface area (Å²) in [6.45, 7) is 5.20. The number of hydrogen-bond acceptors (Lipinski definition) is 5. The molecule has 2 aromatic carbocycles. The molecule has 0 spiro atoms. The summed E-state index contributed by atoms with van der Waals surface area (Å²) in [6.07, 6.45) is 7.67. The van der Waals surface area contributed by atoms with Gasteiger partial charge in [0.25, 0.3) is 0 Å². The quantitative estimate of drug-likeness (QED) is 0.534. The summed E-state index contributed by atoms with van der Waals surface area (Å²) in [5.41, 5.74) is 2.24. The molecular formula is C30H42N4O3S. The average Bonchev–Trinajstić information content (AvgIpc) is 2.97. The van der Waals surface area contributed by atoms with Crippen molar-refractivity contribution >= 4 is 21.6 Å². The predicted octanol–water partition coefficient (Wildman–Crippen LogP) is 3.80. The molecule has 1 atom stereocenters. The Morgan fingerprint density at radius 3 is 2.26 bits per heavy atom. The minimum absolute atomic E-state index is 0.0219. The molecule has 7 nitrogen and oxygen atoms in total. The number of nitrogens with one attached hydrogen (secondary N) is 2. The topological polar surface area (TPSA) is 81.8 Å². The number of sulfonamides is 1. The number of amides is 1. The lowest BCUT2D eigenvalue weighted by atomic mass is 9.79. The lowest BCUT2D eigenvalue weighted by molar-refractivity contribution is -0.122. The van der Waals surface area contributed by atoms with Crippen LogP contribution in [0.3, 0.4) is 0 Å². The standard InChI is InChI=1S/C30H42N4O3S/c35-30(13-8-24-5-2-1-3-6-24)32-27-7-4-20-34(23-27)38(36,37)29-11-9-28(10-12-29)33-21-16-26(17-22-33)25-14-18-31-19-15-25/h1-3,5-6,9-12,25-27,31H,4,7-8,13-23H2,(H,32,35). The van der Waals surface area contributed by atoms with E-state index in [-0.39, 0.29) is 11.9 Å². The Kier molecular flexibility index (Phi) is 9.02. The van der Waals surface area contributed by atoms with Crippen molar-refractivity contribution < 1.29 is 13.2 Å². The van der Waals surface area contributed by atoms with Crippen LogP contribution in [0, 0.1) is 11.8 Å². The molecule has 5 rings (SSSR count). The van der Waals surface area contributed by atoms with Gasteiger partial charge in [-0.25, -0.2) is 8.42 Å². The summed E-state index contributed by atoms with van der Waals surface area (Å²) < 4.78 is 28.4. The molecule has 0 bridgehead atoms. The molecule has 3 heterocycles. The second-order valence-electron chi connectivity index (χ2n) is 11.2. The number of nitrogens with zero attached hydrogens (tertiary/aromatic N) is 2. The van der Waals surface area contributed by atoms with E-state index in [2.05, 4.69) is 15.5 Å². The first-order valence-corrected chi connectivity index (χ1v) is 15.8. The predicted molar refractivity (Wildman–Crippen MR) is 152 cm³/mol. The number of rotatable bonds is 8. The van der Waals surface area contributed by atoms with Gasteiger partial charge in [-0.3, -0.25) is 4.79 Å². The van der Waals surface area contributed by atoms with Crippen LogP contribution in [0.25, 0.3) is 0 Å². The van der Waals surface area contributed by atoms with E-state index in [0.29, 0.717) is 30.8 Å². The molecule has 2 aromatic rings. The highest BCUT2D eigenvalue weighted by atomic mass is 32.2. The van der Waals surface area contributed by atoms with Crippen LogP contribution in [0.15, 0.2) is 59.5 Å². The largest absolute Gasteiger partial charge is 0.372 e. The van der Waals surface area contributed by atoms with Crippen molar-refractivity contribution in [3.63, 3.8) is 0 Å². The van der Waals surface area contributed by atoms with Gasteiger partial charge >= 0.3 is 0 Å². The summed E-state index contributed by atoms with van der Waals surface area (Å²) in [5, 5.41) is 6.54. The van der Waals surface area contributed by atoms with Crippen LogP contribution in [-0.4, -0.2) is 63.9 Å². The first-order valence-electron chi connectivity index (χ1n) is 14.4. The lowest BCUT2D eigenvalue weighted by Crippen LogP contribution is -2.49. The molecular weight excluding hydrogens is 496 g/mol. The van der Waals surface area contributed by atoms with Crippen LogP contribution in [0.1, 0.15) is 50.5 Å². The van der Waals surface area contributed by atoms with Crippen molar-refractivity contribution in [3.05, 3.63) is 60.2 Å². The number of carbonyl (C=O) groups excluding carboxylic acids is 1. The monoisotopic (exact) mass is 538 g/mol. The highest BCUT2D eigenvalue weighted by Gasteiger charge is 2.31. The second kappa shape index (κ2) is 12.6. The maximum Gasteiger partial charge on any atom is 0.243 e. The Balaban J connectivity index is 1.13. The zero-order chi connectivity index (χ0) is 26.4. The van der Waals surface area contributed by atoms with E-state index in [1.165, 1.54) is 30.0 Å². The first-order chi connectivity index (χ1) is 18.5. The van der Waals surface area contributed by atoms with Gasteiger partial charge in [0.05, 0.1) is 4.90 Å². The van der Waals surface area contributed by atoms with Crippen LogP contribution >= 0.6 is 0 Å². The molecule has 0 saturated carbocycles. The van der Waals surface area contributed by atoms with Crippen LogP contribution in [0.5, 0.6) is 0 Å². The number of benzene rings is 2. The Hall–Kier alpha value is -2.42. The molecule has 3 aliphatic heterocycles. The molecule has 0 aromatic heterocycles. The Bertz CT molecular complexity index is 1140. The third-order valence-corrected chi connectivity index (χ3v) is 10.5. The molecule has 2 N–H and O–H groups in total. The Morgan fingerprint density at radius 2 is 1.55 bits per heavy atom. The van der Waals surface area contributed by atoms with Gasteiger partial charge in [0, 0.05) is 44.3 Å². The number of hydrogen-bond donors (Lipinski definition) is 2. The van der Waals surface area contributed by atoms with E-state index in [1.54, 1.807) is 12.1 Å². The fraction of sp³-hybridized carbons (Fsp3) is 0.567. The number of carbonyl (C=O) groups is 1. The van der Waals surface area contributed by atoms with Gasteiger partial charge in [0.1, 0.15) is 0 Å². The summed E-state index contributed by atoms with van der Waals surface area (Å²) in [4.78, 5) is 15.3. The molecule has 1 amide bonds. The summed E-state index contributed by atoms with van der Waals surface area (Å²) in [6, 6.07) is 17.2. The molecule has 3 fully saturated rings. The SMILES string of the molecule is O=C(CCc1ccccc1)NC1CCCN(S(=O)(=O)c2ccc(N3CCC(C4CCNCC4)CC3)cc2)C1. The van der Waals surface area contributed by atoms with Gasteiger partial charge < -0.3 is 15.5 Å². The lowest BCUT2D eigenvalue weighted by Gasteiger charge is -2.38. The summed E-state index contributed by atoms with van der Waals surface area (Å²) >= 11 is 0. The van der Waals surface area contributed by atoms with Gasteiger partial charge in [-0.2, -0.15) is 4.31 Å². The normalized spacial score (nSPS) is 22.3. The van der Waals surface area contributed by atoms with E-state index in [9.17, 15) is 13.2 Å².